The fourth-order valence-corrected chi connectivity index (χ4v) is 1.89. The van der Waals surface area contributed by atoms with Crippen LogP contribution in [0.3, 0.4) is 0 Å². The van der Waals surface area contributed by atoms with Crippen molar-refractivity contribution in [3.8, 4) is 0 Å². The Labute approximate surface area is 86.1 Å². The standard InChI is InChI=1S/C13H18O/c1-2-3-5-10-12-13(14-12)11-8-6-4-7-9-11/h4,6-9,12-13H,2-3,5,10H2,1H3/t12-,13+/m0/s1. The van der Waals surface area contributed by atoms with Crippen LogP contribution >= 0.6 is 0 Å². The van der Waals surface area contributed by atoms with E-state index in [2.05, 4.69) is 37.3 Å². The van der Waals surface area contributed by atoms with Crippen molar-refractivity contribution in [2.75, 3.05) is 0 Å². The normalized spacial score (nSPS) is 24.9. The first-order chi connectivity index (χ1) is 6.92. The van der Waals surface area contributed by atoms with Crippen LogP contribution in [-0.4, -0.2) is 6.10 Å². The molecule has 2 atom stereocenters. The van der Waals surface area contributed by atoms with E-state index in [0.29, 0.717) is 12.2 Å². The minimum absolute atomic E-state index is 0.396. The van der Waals surface area contributed by atoms with Crippen LogP contribution in [0.5, 0.6) is 0 Å². The number of epoxide rings is 1. The summed E-state index contributed by atoms with van der Waals surface area (Å²) in [7, 11) is 0. The monoisotopic (exact) mass is 190 g/mol. The van der Waals surface area contributed by atoms with Crippen LogP contribution in [0.25, 0.3) is 0 Å². The third-order valence-corrected chi connectivity index (χ3v) is 2.80. The SMILES string of the molecule is CCCCC[C@@H]1O[C@@H]1c1ccccc1. The van der Waals surface area contributed by atoms with Gasteiger partial charge in [-0.25, -0.2) is 0 Å². The highest BCUT2D eigenvalue weighted by Gasteiger charge is 2.38. The third kappa shape index (κ3) is 2.36. The summed E-state index contributed by atoms with van der Waals surface area (Å²) in [4.78, 5) is 0. The fourth-order valence-electron chi connectivity index (χ4n) is 1.89. The molecule has 1 nitrogen and oxygen atoms in total. The zero-order valence-electron chi connectivity index (χ0n) is 8.78. The van der Waals surface area contributed by atoms with Crippen molar-refractivity contribution in [1.82, 2.24) is 0 Å². The van der Waals surface area contributed by atoms with Crippen LogP contribution in [0, 0.1) is 0 Å². The molecule has 0 bridgehead atoms. The zero-order chi connectivity index (χ0) is 9.80. The number of hydrogen-bond donors (Lipinski definition) is 0. The number of rotatable bonds is 5. The Hall–Kier alpha value is -0.820. The van der Waals surface area contributed by atoms with Gasteiger partial charge < -0.3 is 4.74 Å². The summed E-state index contributed by atoms with van der Waals surface area (Å²) < 4.78 is 5.65. The molecule has 0 aliphatic carbocycles. The van der Waals surface area contributed by atoms with E-state index in [9.17, 15) is 0 Å². The lowest BCUT2D eigenvalue weighted by atomic mass is 10.1. The molecule has 0 amide bonds. The van der Waals surface area contributed by atoms with Crippen LogP contribution in [0.4, 0.5) is 0 Å². The number of benzene rings is 1. The van der Waals surface area contributed by atoms with Crippen molar-refractivity contribution >= 4 is 0 Å². The second-order valence-electron chi connectivity index (χ2n) is 4.00. The fraction of sp³-hybridized carbons (Fsp3) is 0.538. The summed E-state index contributed by atoms with van der Waals surface area (Å²) >= 11 is 0. The highest BCUT2D eigenvalue weighted by atomic mass is 16.6. The molecule has 1 fully saturated rings. The smallest absolute Gasteiger partial charge is 0.109 e. The van der Waals surface area contributed by atoms with Crippen LogP contribution in [0.15, 0.2) is 30.3 Å². The van der Waals surface area contributed by atoms with Crippen molar-refractivity contribution in [1.29, 1.82) is 0 Å². The van der Waals surface area contributed by atoms with Crippen LogP contribution in [0.2, 0.25) is 0 Å². The van der Waals surface area contributed by atoms with Gasteiger partial charge in [0.25, 0.3) is 0 Å². The maximum Gasteiger partial charge on any atom is 0.109 e. The molecule has 1 aromatic carbocycles. The van der Waals surface area contributed by atoms with Crippen molar-refractivity contribution < 1.29 is 4.74 Å². The summed E-state index contributed by atoms with van der Waals surface area (Å²) in [5.74, 6) is 0. The van der Waals surface area contributed by atoms with E-state index in [1.165, 1.54) is 31.2 Å². The van der Waals surface area contributed by atoms with Crippen molar-refractivity contribution in [2.45, 2.75) is 44.8 Å². The Morgan fingerprint density at radius 1 is 1.14 bits per heavy atom. The van der Waals surface area contributed by atoms with E-state index in [-0.39, 0.29) is 0 Å². The molecule has 0 saturated carbocycles. The Morgan fingerprint density at radius 3 is 2.64 bits per heavy atom. The Morgan fingerprint density at radius 2 is 1.93 bits per heavy atom. The van der Waals surface area contributed by atoms with Gasteiger partial charge in [0, 0.05) is 0 Å². The molecule has 2 rings (SSSR count). The number of ether oxygens (including phenoxy) is 1. The Bertz CT molecular complexity index is 268. The van der Waals surface area contributed by atoms with E-state index in [4.69, 9.17) is 4.74 Å². The molecule has 0 N–H and O–H groups in total. The van der Waals surface area contributed by atoms with Gasteiger partial charge in [0.15, 0.2) is 0 Å². The zero-order valence-corrected chi connectivity index (χ0v) is 8.78. The van der Waals surface area contributed by atoms with Gasteiger partial charge in [-0.05, 0) is 12.0 Å². The van der Waals surface area contributed by atoms with Gasteiger partial charge in [0.05, 0.1) is 6.10 Å². The average Bonchev–Trinajstić information content (AvgIpc) is 2.99. The lowest BCUT2D eigenvalue weighted by molar-refractivity contribution is 0.361. The minimum atomic E-state index is 0.396. The van der Waals surface area contributed by atoms with E-state index in [1.54, 1.807) is 0 Å². The molecule has 14 heavy (non-hydrogen) atoms. The lowest BCUT2D eigenvalue weighted by Crippen LogP contribution is -1.88. The van der Waals surface area contributed by atoms with Gasteiger partial charge in [-0.3, -0.25) is 0 Å². The molecular formula is C13H18O. The third-order valence-electron chi connectivity index (χ3n) is 2.80. The highest BCUT2D eigenvalue weighted by Crippen LogP contribution is 2.41. The van der Waals surface area contributed by atoms with Gasteiger partial charge in [-0.1, -0.05) is 56.5 Å². The predicted molar refractivity (Wildman–Crippen MR) is 58.2 cm³/mol. The molecule has 1 aliphatic rings. The second-order valence-corrected chi connectivity index (χ2v) is 4.00. The van der Waals surface area contributed by atoms with Crippen LogP contribution in [0.1, 0.15) is 44.3 Å². The van der Waals surface area contributed by atoms with Crippen molar-refractivity contribution in [3.05, 3.63) is 35.9 Å². The molecule has 1 heteroatoms. The second kappa shape index (κ2) is 4.61. The molecule has 0 aromatic heterocycles. The van der Waals surface area contributed by atoms with E-state index in [0.717, 1.165) is 0 Å². The summed E-state index contributed by atoms with van der Waals surface area (Å²) in [5.41, 5.74) is 1.34. The topological polar surface area (TPSA) is 12.5 Å². The van der Waals surface area contributed by atoms with E-state index in [1.807, 2.05) is 0 Å². The first kappa shape index (κ1) is 9.72. The maximum atomic E-state index is 5.65. The lowest BCUT2D eigenvalue weighted by Gasteiger charge is -1.95. The molecule has 76 valence electrons. The first-order valence-electron chi connectivity index (χ1n) is 5.62. The summed E-state index contributed by atoms with van der Waals surface area (Å²) in [6.07, 6.45) is 6.07. The van der Waals surface area contributed by atoms with Gasteiger partial charge in [0.1, 0.15) is 6.10 Å². The average molecular weight is 190 g/mol. The Balaban J connectivity index is 1.76. The molecule has 1 saturated heterocycles. The molecule has 1 heterocycles. The van der Waals surface area contributed by atoms with Gasteiger partial charge in [0.2, 0.25) is 0 Å². The molecule has 0 spiro atoms. The number of hydrogen-bond acceptors (Lipinski definition) is 1. The van der Waals surface area contributed by atoms with Crippen molar-refractivity contribution in [3.63, 3.8) is 0 Å². The molecular weight excluding hydrogens is 172 g/mol. The molecule has 0 radical (unpaired) electrons. The highest BCUT2D eigenvalue weighted by molar-refractivity contribution is 5.22. The van der Waals surface area contributed by atoms with Crippen LogP contribution < -0.4 is 0 Å². The summed E-state index contributed by atoms with van der Waals surface area (Å²) in [5, 5.41) is 0. The Kier molecular flexibility index (Phi) is 3.20. The summed E-state index contributed by atoms with van der Waals surface area (Å²) in [6.45, 7) is 2.24. The van der Waals surface area contributed by atoms with Gasteiger partial charge >= 0.3 is 0 Å². The minimum Gasteiger partial charge on any atom is -0.365 e. The van der Waals surface area contributed by atoms with Crippen molar-refractivity contribution in [2.24, 2.45) is 0 Å². The van der Waals surface area contributed by atoms with E-state index < -0.39 is 0 Å². The molecule has 0 unspecified atom stereocenters. The first-order valence-corrected chi connectivity index (χ1v) is 5.62. The van der Waals surface area contributed by atoms with E-state index >= 15 is 0 Å². The number of unbranched alkanes of at least 4 members (excludes halogenated alkanes) is 2. The largest absolute Gasteiger partial charge is 0.365 e. The van der Waals surface area contributed by atoms with Gasteiger partial charge in [-0.2, -0.15) is 0 Å². The quantitative estimate of drug-likeness (QED) is 0.509. The predicted octanol–water partition coefficient (Wildman–Crippen LogP) is 3.71. The summed E-state index contributed by atoms with van der Waals surface area (Å²) in [6, 6.07) is 10.5. The molecule has 1 aromatic rings. The maximum absolute atomic E-state index is 5.65. The van der Waals surface area contributed by atoms with Gasteiger partial charge in [-0.15, -0.1) is 0 Å². The van der Waals surface area contributed by atoms with Crippen LogP contribution in [-0.2, 0) is 4.74 Å². The molecule has 1 aliphatic heterocycles.